The van der Waals surface area contributed by atoms with Gasteiger partial charge in [-0.3, -0.25) is 28.8 Å². The summed E-state index contributed by atoms with van der Waals surface area (Å²) in [5.74, 6) is -0.318. The molecule has 3 aromatic carbocycles. The van der Waals surface area contributed by atoms with Gasteiger partial charge in [-0.2, -0.15) is 4.68 Å². The zero-order chi connectivity index (χ0) is 99.3. The van der Waals surface area contributed by atoms with Crippen LogP contribution in [-0.2, 0) is 175 Å². The number of nitrogens with zero attached hydrogens (tertiary/aromatic N) is 18. The van der Waals surface area contributed by atoms with Crippen molar-refractivity contribution in [2.24, 2.45) is 21.1 Å². The van der Waals surface area contributed by atoms with Gasteiger partial charge in [-0.25, -0.2) is 44.4 Å². The second-order valence-electron chi connectivity index (χ2n) is 34.8. The summed E-state index contributed by atoms with van der Waals surface area (Å²) < 4.78 is 41.0. The first kappa shape index (κ1) is 102. The molecule has 0 radical (unpaired) electrons. The summed E-state index contributed by atoms with van der Waals surface area (Å²) in [5, 5.41) is 0. The third kappa shape index (κ3) is 20.9. The predicted molar refractivity (Wildman–Crippen MR) is 553 cm³/mol. The number of carbonyl (C=O) groups is 6. The Morgan fingerprint density at radius 3 is 0.810 bits per heavy atom. The molecule has 0 N–H and O–H groups in total. The Hall–Kier alpha value is -16.2. The maximum absolute atomic E-state index is 13.6. The van der Waals surface area contributed by atoms with Crippen LogP contribution >= 0.6 is 0 Å². The number of hydrogen-bond donors (Lipinski definition) is 0. The molecular formula is C114H96N18O12Zn3+2. The molecule has 6 aliphatic heterocycles. The average Bonchev–Trinajstić information content (AvgIpc) is 1.57. The fraction of sp³-hybridized carbons (Fsp3) is 0.184. The maximum atomic E-state index is 13.6. The van der Waals surface area contributed by atoms with Crippen molar-refractivity contribution >= 4 is 175 Å². The topological polar surface area (TPSA) is 355 Å². The summed E-state index contributed by atoms with van der Waals surface area (Å²) >= 11 is 0. The van der Waals surface area contributed by atoms with Gasteiger partial charge in [0.05, 0.1) is 140 Å². The van der Waals surface area contributed by atoms with Crippen molar-refractivity contribution in [3.8, 4) is 67.5 Å². The minimum Gasteiger partial charge on any atom is -0.657 e. The van der Waals surface area contributed by atoms with Gasteiger partial charge in [-0.1, -0.05) is 152 Å². The van der Waals surface area contributed by atoms with Crippen LogP contribution in [0.15, 0.2) is 201 Å². The van der Waals surface area contributed by atoms with Gasteiger partial charge < -0.3 is 62.5 Å². The van der Waals surface area contributed by atoms with E-state index in [4.69, 9.17) is 88.2 Å². The van der Waals surface area contributed by atoms with Gasteiger partial charge in [0.25, 0.3) is 0 Å². The molecule has 30 nitrogen and oxygen atoms in total. The summed E-state index contributed by atoms with van der Waals surface area (Å²) in [7, 11) is 14.1. The Balaban J connectivity index is 0.000000243. The molecule has 0 atom stereocenters. The van der Waals surface area contributed by atoms with Gasteiger partial charge in [0.2, 0.25) is 0 Å². The molecule has 24 bridgehead atoms. The normalized spacial score (nSPS) is 11.9. The molecule has 0 fully saturated rings. The first-order valence-corrected chi connectivity index (χ1v) is 47.1. The smallest absolute Gasteiger partial charge is 0.657 e. The molecule has 0 aliphatic carbocycles. The zero-order valence-corrected chi connectivity index (χ0v) is 91.4. The van der Waals surface area contributed by atoms with E-state index in [9.17, 15) is 28.8 Å². The third-order valence-electron chi connectivity index (χ3n) is 26.2. The van der Waals surface area contributed by atoms with Crippen LogP contribution in [0.25, 0.3) is 207 Å². The van der Waals surface area contributed by atoms with E-state index in [2.05, 4.69) is 9.66 Å². The number of esters is 6. The fourth-order valence-electron chi connectivity index (χ4n) is 19.0. The second kappa shape index (κ2) is 45.0. The van der Waals surface area contributed by atoms with Gasteiger partial charge in [0.1, 0.15) is 17.8 Å². The number of carbonyl (C=O) groups excluding carboxylic acids is 6. The minimum atomic E-state index is -0.412. The van der Waals surface area contributed by atoms with E-state index < -0.39 is 5.97 Å². The number of fused-ring (bicyclic) bond motifs is 24. The van der Waals surface area contributed by atoms with Crippen molar-refractivity contribution in [3.05, 3.63) is 303 Å². The quantitative estimate of drug-likeness (QED) is 0.0222. The third-order valence-corrected chi connectivity index (χ3v) is 26.2. The summed E-state index contributed by atoms with van der Waals surface area (Å²) in [6.07, 6.45) is 36.9. The molecule has 15 aromatic rings. The van der Waals surface area contributed by atoms with E-state index >= 15 is 0 Å². The van der Waals surface area contributed by atoms with Crippen molar-refractivity contribution < 1.29 is 120 Å². The predicted octanol–water partition coefficient (Wildman–Crippen LogP) is 17.9. The molecule has 0 spiro atoms. The van der Waals surface area contributed by atoms with Crippen molar-refractivity contribution in [1.29, 1.82) is 0 Å². The Labute approximate surface area is 882 Å². The summed E-state index contributed by atoms with van der Waals surface area (Å²) in [6.45, 7) is 0. The van der Waals surface area contributed by atoms with E-state index in [0.29, 0.717) is 181 Å². The number of aromatic nitrogens is 18. The Bertz CT molecular complexity index is 8460. The summed E-state index contributed by atoms with van der Waals surface area (Å²) in [4.78, 5) is 146. The number of imidazole rings is 3. The van der Waals surface area contributed by atoms with Crippen LogP contribution in [0, 0.1) is 0 Å². The fourth-order valence-corrected chi connectivity index (χ4v) is 19.0. The van der Waals surface area contributed by atoms with Gasteiger partial charge in [0, 0.05) is 88.5 Å². The first-order valence-electron chi connectivity index (χ1n) is 47.1. The number of methoxy groups -OCH3 is 6. The SMILES string of the molecule is COC(=O)CCc1c2nc(c(-c3n(C)cc[n+]3-n3c4ccc3c(-c3nccn3C)c3nc(c(CCC(=O)OC)c5ccc([n-]5)c(-c5ccccc5)c5nc(c4CCC(=O)OC)C=C5)C=C3)c3ccc([n-]3)c(CCC(=O)OC)c3nc(c(-c4ccccc4)c4ccc1[n-]4)C=C3)C=C2.COC(=O)CCc1c2nc(c(-c3nccn3C)c3ccc([n-]3)c(CCC(=O)OC)c3nc(c(-c4ccccc4)c4ccc1[n-]4)C=C3)C=C2.[Zn+2].[Zn+2].[Zn+2]. The van der Waals surface area contributed by atoms with E-state index in [1.54, 1.807) is 12.4 Å². The standard InChI is InChI=1S/C76H64N12O8.C38H32N6O4.3Zn/c1-85-42-41-77-75(85)74-64-34-26-56(83-64)49(19-39-69(91)95-5)53-23-30-60(80-53)72(46-15-11-8-12-16-46)61-31-27-57(84-61)50(20-40-70(92)96-6)65-35-36-66(74)88(65)87-44-43-86(2)76(87)73-62-32-24-54(81-62)47(17-37-67(89)93-3)51-21-28-58(78-51)71(45-13-9-7-10-14-45)59-29-22-52(79-59)48(18-38-68(90)94-4)55-25-33-63(73)82-55;1-44-22-21-39-38(44)37-32-17-13-28(42-32)24(9-19-34(45)47-2)26-11-15-30(40-26)36(23-7-5-4-6-8-23)31-16-12-27(41-31)25(10-20-35(46)48-3)29-14-18-33(37)43-29;;;/h7-16,21-36,41-44H,17-20,37-40H2,1-6H3;4-8,11-18,21-22H,9-10,19-20H2,1-3H3;;;/q2*-2;3*+2. The molecule has 0 amide bonds. The first-order chi connectivity index (χ1) is 70.3. The van der Waals surface area contributed by atoms with Crippen LogP contribution < -0.4 is 29.6 Å². The average molecular weight is 2110 g/mol. The van der Waals surface area contributed by atoms with Gasteiger partial charge in [-0.15, -0.1) is 59.8 Å². The largest absolute Gasteiger partial charge is 2.00 e. The van der Waals surface area contributed by atoms with Crippen molar-refractivity contribution in [1.82, 2.24) is 83.2 Å². The molecule has 6 aliphatic rings. The molecular weight excluding hydrogens is 2010 g/mol. The summed E-state index contributed by atoms with van der Waals surface area (Å²) in [5.41, 5.74) is 27.0. The molecule has 147 heavy (non-hydrogen) atoms. The summed E-state index contributed by atoms with van der Waals surface area (Å²) in [6, 6.07) is 53.5. The van der Waals surface area contributed by atoms with E-state index in [1.807, 2.05) is 301 Å². The van der Waals surface area contributed by atoms with Crippen molar-refractivity contribution in [2.45, 2.75) is 77.0 Å². The van der Waals surface area contributed by atoms with E-state index in [0.717, 1.165) is 66.8 Å². The van der Waals surface area contributed by atoms with Crippen LogP contribution in [0.1, 0.15) is 140 Å². The van der Waals surface area contributed by atoms with Crippen molar-refractivity contribution in [2.75, 3.05) is 42.7 Å². The monoisotopic (exact) mass is 2100 g/mol. The minimum absolute atomic E-state index is 0. The van der Waals surface area contributed by atoms with Gasteiger partial charge >= 0.3 is 100 Å². The second-order valence-corrected chi connectivity index (χ2v) is 34.8. The Morgan fingerprint density at radius 1 is 0.265 bits per heavy atom. The number of rotatable bonds is 25. The van der Waals surface area contributed by atoms with Crippen LogP contribution in [0.5, 0.6) is 0 Å². The van der Waals surface area contributed by atoms with Crippen molar-refractivity contribution in [3.63, 3.8) is 0 Å². The molecule has 18 heterocycles. The van der Waals surface area contributed by atoms with Crippen LogP contribution in [0.4, 0.5) is 0 Å². The van der Waals surface area contributed by atoms with Crippen LogP contribution in [-0.4, -0.2) is 137 Å². The van der Waals surface area contributed by atoms with E-state index in [1.165, 1.54) is 42.7 Å². The molecule has 33 heteroatoms. The zero-order valence-electron chi connectivity index (χ0n) is 82.5. The van der Waals surface area contributed by atoms with E-state index in [-0.39, 0.29) is 152 Å². The van der Waals surface area contributed by atoms with Crippen LogP contribution in [0.3, 0.4) is 0 Å². The number of hydrogen-bond acceptors (Lipinski definition) is 20. The Morgan fingerprint density at radius 2 is 0.510 bits per heavy atom. The molecule has 0 unspecified atom stereocenters. The maximum Gasteiger partial charge on any atom is 2.00 e. The van der Waals surface area contributed by atoms with Crippen LogP contribution in [0.2, 0.25) is 0 Å². The molecule has 0 saturated carbocycles. The number of ether oxygens (including phenoxy) is 6. The van der Waals surface area contributed by atoms with Gasteiger partial charge in [-0.05, 0) is 185 Å². The molecule has 12 aromatic heterocycles. The van der Waals surface area contributed by atoms with Gasteiger partial charge in [0.15, 0.2) is 6.20 Å². The molecule has 21 rings (SSSR count). The Kier molecular flexibility index (Phi) is 31.3. The number of benzene rings is 3. The molecule has 0 saturated heterocycles. The molecule has 718 valence electrons. The number of aryl methyl sites for hydroxylation is 9.